The maximum Gasteiger partial charge on any atom is 0.418 e. The standard InChI is InChI=1S/C13H10F3IN2/c1-8-11(13(14,15)16)3-2-10(19-8)6-9-7-18-5-4-12(9)17/h2-5,7H,6H2,1H3. The van der Waals surface area contributed by atoms with Gasteiger partial charge in [0.1, 0.15) is 0 Å². The van der Waals surface area contributed by atoms with Gasteiger partial charge in [0.05, 0.1) is 5.56 Å². The van der Waals surface area contributed by atoms with E-state index in [9.17, 15) is 13.2 Å². The summed E-state index contributed by atoms with van der Waals surface area (Å²) in [6.07, 6.45) is -0.489. The Bertz CT molecular complexity index is 597. The van der Waals surface area contributed by atoms with E-state index in [0.717, 1.165) is 15.2 Å². The molecule has 0 radical (unpaired) electrons. The molecule has 100 valence electrons. The third kappa shape index (κ3) is 3.43. The second-order valence-corrected chi connectivity index (χ2v) is 5.24. The summed E-state index contributed by atoms with van der Waals surface area (Å²) in [6, 6.07) is 4.35. The quantitative estimate of drug-likeness (QED) is 0.739. The maximum atomic E-state index is 12.6. The van der Waals surface area contributed by atoms with Crippen molar-refractivity contribution in [3.8, 4) is 0 Å². The number of nitrogens with zero attached hydrogens (tertiary/aromatic N) is 2. The fourth-order valence-corrected chi connectivity index (χ4v) is 2.24. The van der Waals surface area contributed by atoms with Crippen LogP contribution in [-0.2, 0) is 12.6 Å². The minimum absolute atomic E-state index is 0.00361. The largest absolute Gasteiger partial charge is 0.418 e. The molecule has 0 fully saturated rings. The Balaban J connectivity index is 2.29. The van der Waals surface area contributed by atoms with Crippen molar-refractivity contribution in [2.75, 3.05) is 0 Å². The molecule has 0 bridgehead atoms. The molecular formula is C13H10F3IN2. The average molecular weight is 378 g/mol. The molecule has 0 N–H and O–H groups in total. The topological polar surface area (TPSA) is 25.8 Å². The number of hydrogen-bond acceptors (Lipinski definition) is 2. The molecule has 2 aromatic heterocycles. The second-order valence-electron chi connectivity index (χ2n) is 4.08. The van der Waals surface area contributed by atoms with E-state index < -0.39 is 11.7 Å². The molecule has 0 aromatic carbocycles. The molecule has 0 aliphatic heterocycles. The van der Waals surface area contributed by atoms with E-state index in [1.54, 1.807) is 12.4 Å². The zero-order valence-corrected chi connectivity index (χ0v) is 12.2. The van der Waals surface area contributed by atoms with Crippen molar-refractivity contribution in [2.45, 2.75) is 19.5 Å². The highest BCUT2D eigenvalue weighted by Gasteiger charge is 2.32. The molecule has 0 saturated heterocycles. The van der Waals surface area contributed by atoms with Crippen molar-refractivity contribution in [2.24, 2.45) is 0 Å². The van der Waals surface area contributed by atoms with Gasteiger partial charge in [0, 0.05) is 33.8 Å². The van der Waals surface area contributed by atoms with Crippen molar-refractivity contribution in [3.05, 3.63) is 56.7 Å². The van der Waals surface area contributed by atoms with Gasteiger partial charge in [-0.25, -0.2) is 0 Å². The van der Waals surface area contributed by atoms with E-state index in [-0.39, 0.29) is 5.69 Å². The number of pyridine rings is 2. The molecule has 0 saturated carbocycles. The monoisotopic (exact) mass is 378 g/mol. The average Bonchev–Trinajstić information content (AvgIpc) is 2.30. The van der Waals surface area contributed by atoms with Gasteiger partial charge < -0.3 is 0 Å². The fraction of sp³-hybridized carbons (Fsp3) is 0.231. The van der Waals surface area contributed by atoms with Crippen LogP contribution in [0.2, 0.25) is 0 Å². The molecule has 0 aliphatic rings. The summed E-state index contributed by atoms with van der Waals surface area (Å²) in [5, 5.41) is 0. The second kappa shape index (κ2) is 5.44. The van der Waals surface area contributed by atoms with Crippen LogP contribution in [0.15, 0.2) is 30.6 Å². The van der Waals surface area contributed by atoms with Gasteiger partial charge >= 0.3 is 6.18 Å². The first-order valence-corrected chi connectivity index (χ1v) is 6.58. The lowest BCUT2D eigenvalue weighted by Crippen LogP contribution is -2.10. The van der Waals surface area contributed by atoms with Crippen molar-refractivity contribution >= 4 is 22.6 Å². The lowest BCUT2D eigenvalue weighted by atomic mass is 10.1. The molecule has 2 rings (SSSR count). The highest BCUT2D eigenvalue weighted by molar-refractivity contribution is 14.1. The minimum Gasteiger partial charge on any atom is -0.264 e. The highest BCUT2D eigenvalue weighted by Crippen LogP contribution is 2.31. The Morgan fingerprint density at radius 1 is 1.21 bits per heavy atom. The molecule has 19 heavy (non-hydrogen) atoms. The van der Waals surface area contributed by atoms with Crippen LogP contribution in [0.1, 0.15) is 22.5 Å². The molecule has 0 unspecified atom stereocenters. The van der Waals surface area contributed by atoms with Gasteiger partial charge in [-0.05, 0) is 53.3 Å². The van der Waals surface area contributed by atoms with Gasteiger partial charge in [0.15, 0.2) is 0 Å². The van der Waals surface area contributed by atoms with E-state index in [1.165, 1.54) is 13.0 Å². The third-order valence-electron chi connectivity index (χ3n) is 2.66. The number of alkyl halides is 3. The smallest absolute Gasteiger partial charge is 0.264 e. The zero-order chi connectivity index (χ0) is 14.0. The number of rotatable bonds is 2. The van der Waals surface area contributed by atoms with Crippen molar-refractivity contribution in [3.63, 3.8) is 0 Å². The minimum atomic E-state index is -4.35. The van der Waals surface area contributed by atoms with E-state index in [2.05, 4.69) is 32.6 Å². The number of hydrogen-bond donors (Lipinski definition) is 0. The van der Waals surface area contributed by atoms with Gasteiger partial charge in [-0.3, -0.25) is 9.97 Å². The first-order chi connectivity index (χ1) is 8.88. The predicted molar refractivity (Wildman–Crippen MR) is 73.7 cm³/mol. The summed E-state index contributed by atoms with van der Waals surface area (Å²) in [4.78, 5) is 8.03. The van der Waals surface area contributed by atoms with Gasteiger partial charge in [0.2, 0.25) is 0 Å². The van der Waals surface area contributed by atoms with Crippen molar-refractivity contribution < 1.29 is 13.2 Å². The number of aromatic nitrogens is 2. The maximum absolute atomic E-state index is 12.6. The Hall–Kier alpha value is -1.18. The van der Waals surface area contributed by atoms with Crippen LogP contribution in [0, 0.1) is 10.5 Å². The fourth-order valence-electron chi connectivity index (χ4n) is 1.75. The summed E-state index contributed by atoms with van der Waals surface area (Å²) in [7, 11) is 0. The summed E-state index contributed by atoms with van der Waals surface area (Å²) in [6.45, 7) is 1.38. The van der Waals surface area contributed by atoms with Crippen LogP contribution >= 0.6 is 22.6 Å². The molecular weight excluding hydrogens is 368 g/mol. The lowest BCUT2D eigenvalue weighted by molar-refractivity contribution is -0.138. The van der Waals surface area contributed by atoms with Crippen LogP contribution < -0.4 is 0 Å². The zero-order valence-electron chi connectivity index (χ0n) is 10.0. The van der Waals surface area contributed by atoms with Crippen LogP contribution in [-0.4, -0.2) is 9.97 Å². The van der Waals surface area contributed by atoms with Crippen LogP contribution in [0.5, 0.6) is 0 Å². The summed E-state index contributed by atoms with van der Waals surface area (Å²) >= 11 is 2.17. The molecule has 0 atom stereocenters. The lowest BCUT2D eigenvalue weighted by Gasteiger charge is -2.11. The van der Waals surface area contributed by atoms with Gasteiger partial charge in [0.25, 0.3) is 0 Å². The van der Waals surface area contributed by atoms with Gasteiger partial charge in [-0.2, -0.15) is 13.2 Å². The molecule has 0 spiro atoms. The molecule has 0 amide bonds. The Labute approximate surface area is 122 Å². The predicted octanol–water partition coefficient (Wildman–Crippen LogP) is 4.00. The van der Waals surface area contributed by atoms with E-state index in [0.29, 0.717) is 12.1 Å². The summed E-state index contributed by atoms with van der Waals surface area (Å²) in [5.74, 6) is 0. The van der Waals surface area contributed by atoms with E-state index in [4.69, 9.17) is 0 Å². The molecule has 6 heteroatoms. The van der Waals surface area contributed by atoms with Crippen molar-refractivity contribution in [1.29, 1.82) is 0 Å². The Morgan fingerprint density at radius 3 is 2.53 bits per heavy atom. The number of aryl methyl sites for hydroxylation is 1. The number of halogens is 4. The Morgan fingerprint density at radius 2 is 1.95 bits per heavy atom. The summed E-state index contributed by atoms with van der Waals surface area (Å²) < 4.78 is 38.9. The van der Waals surface area contributed by atoms with Gasteiger partial charge in [-0.1, -0.05) is 0 Å². The third-order valence-corrected chi connectivity index (χ3v) is 3.72. The van der Waals surface area contributed by atoms with Crippen LogP contribution in [0.3, 0.4) is 0 Å². The molecule has 0 aliphatic carbocycles. The van der Waals surface area contributed by atoms with Crippen LogP contribution in [0.25, 0.3) is 0 Å². The summed E-state index contributed by atoms with van der Waals surface area (Å²) in [5.41, 5.74) is 0.882. The normalized spacial score (nSPS) is 11.6. The van der Waals surface area contributed by atoms with Crippen LogP contribution in [0.4, 0.5) is 13.2 Å². The Kier molecular flexibility index (Phi) is 4.07. The van der Waals surface area contributed by atoms with E-state index >= 15 is 0 Å². The van der Waals surface area contributed by atoms with Gasteiger partial charge in [-0.15, -0.1) is 0 Å². The van der Waals surface area contributed by atoms with Crippen molar-refractivity contribution in [1.82, 2.24) is 9.97 Å². The molecule has 2 nitrogen and oxygen atoms in total. The first kappa shape index (κ1) is 14.2. The van der Waals surface area contributed by atoms with E-state index in [1.807, 2.05) is 6.07 Å². The highest BCUT2D eigenvalue weighted by atomic mass is 127. The molecule has 2 aromatic rings. The SMILES string of the molecule is Cc1nc(Cc2cnccc2I)ccc1C(F)(F)F. The molecule has 2 heterocycles. The first-order valence-electron chi connectivity index (χ1n) is 5.50.